The van der Waals surface area contributed by atoms with E-state index in [4.69, 9.17) is 10.6 Å². The van der Waals surface area contributed by atoms with Crippen molar-refractivity contribution in [2.75, 3.05) is 25.6 Å². The van der Waals surface area contributed by atoms with Gasteiger partial charge in [-0.15, -0.1) is 0 Å². The lowest BCUT2D eigenvalue weighted by atomic mass is 10.1. The van der Waals surface area contributed by atoms with Crippen LogP contribution in [0.4, 0.5) is 5.69 Å². The number of hydrogen-bond acceptors (Lipinski definition) is 3. The number of nitrogens with one attached hydrogen (secondary N) is 2. The summed E-state index contributed by atoms with van der Waals surface area (Å²) in [5.41, 5.74) is 5.81. The van der Waals surface area contributed by atoms with Crippen molar-refractivity contribution in [3.8, 4) is 0 Å². The first-order chi connectivity index (χ1) is 8.58. The third-order valence-corrected chi connectivity index (χ3v) is 3.00. The summed E-state index contributed by atoms with van der Waals surface area (Å²) in [4.78, 5) is 4.26. The summed E-state index contributed by atoms with van der Waals surface area (Å²) >= 11 is 3.53. The van der Waals surface area contributed by atoms with Gasteiger partial charge >= 0.3 is 0 Å². The molecular weight excluding hydrogens is 296 g/mol. The second-order valence-corrected chi connectivity index (χ2v) is 4.79. The quantitative estimate of drug-likeness (QED) is 0.261. The molecule has 0 radical (unpaired) electrons. The van der Waals surface area contributed by atoms with Crippen LogP contribution in [0, 0.1) is 13.8 Å². The van der Waals surface area contributed by atoms with E-state index in [2.05, 4.69) is 44.7 Å². The highest BCUT2D eigenvalue weighted by atomic mass is 79.9. The number of anilines is 1. The van der Waals surface area contributed by atoms with E-state index >= 15 is 0 Å². The van der Waals surface area contributed by atoms with Crippen molar-refractivity contribution in [1.29, 1.82) is 0 Å². The Morgan fingerprint density at radius 1 is 1.44 bits per heavy atom. The van der Waals surface area contributed by atoms with E-state index in [1.807, 2.05) is 13.0 Å². The molecule has 1 rings (SSSR count). The topological polar surface area (TPSA) is 71.7 Å². The number of ether oxygens (including phenoxy) is 1. The Morgan fingerprint density at radius 2 is 2.17 bits per heavy atom. The van der Waals surface area contributed by atoms with Crippen LogP contribution in [0.5, 0.6) is 0 Å². The van der Waals surface area contributed by atoms with Gasteiger partial charge in [-0.2, -0.15) is 0 Å². The molecule has 6 heteroatoms. The Kier molecular flexibility index (Phi) is 6.11. The average molecular weight is 315 g/mol. The molecule has 0 saturated carbocycles. The zero-order valence-corrected chi connectivity index (χ0v) is 12.5. The van der Waals surface area contributed by atoms with Crippen molar-refractivity contribution < 1.29 is 4.74 Å². The Hall–Kier alpha value is -1.11. The number of aryl methyl sites for hydroxylation is 2. The molecule has 0 unspecified atom stereocenters. The fourth-order valence-electron chi connectivity index (χ4n) is 1.56. The molecule has 0 aliphatic rings. The normalized spacial score (nSPS) is 11.5. The van der Waals surface area contributed by atoms with Gasteiger partial charge in [0, 0.05) is 11.6 Å². The third-order valence-electron chi connectivity index (χ3n) is 2.38. The van der Waals surface area contributed by atoms with Gasteiger partial charge in [0.1, 0.15) is 0 Å². The minimum Gasteiger partial charge on any atom is -0.383 e. The first kappa shape index (κ1) is 14.9. The van der Waals surface area contributed by atoms with Gasteiger partial charge in [-0.1, -0.05) is 6.07 Å². The molecule has 0 amide bonds. The van der Waals surface area contributed by atoms with Crippen LogP contribution in [0.1, 0.15) is 11.1 Å². The van der Waals surface area contributed by atoms with Gasteiger partial charge < -0.3 is 10.1 Å². The molecule has 5 nitrogen and oxygen atoms in total. The minimum atomic E-state index is 0.514. The van der Waals surface area contributed by atoms with E-state index < -0.39 is 0 Å². The van der Waals surface area contributed by atoms with E-state index in [1.54, 1.807) is 7.11 Å². The number of hydrogen-bond donors (Lipinski definition) is 3. The molecule has 4 N–H and O–H groups in total. The highest BCUT2D eigenvalue weighted by Crippen LogP contribution is 2.27. The lowest BCUT2D eigenvalue weighted by molar-refractivity contribution is 0.208. The summed E-state index contributed by atoms with van der Waals surface area (Å²) in [6, 6.07) is 4.13. The molecule has 1 aromatic rings. The molecule has 0 fully saturated rings. The summed E-state index contributed by atoms with van der Waals surface area (Å²) < 4.78 is 5.92. The molecule has 100 valence electrons. The number of hydrazine groups is 1. The number of guanidine groups is 1. The van der Waals surface area contributed by atoms with Gasteiger partial charge in [-0.25, -0.2) is 10.8 Å². The Bertz CT molecular complexity index is 411. The van der Waals surface area contributed by atoms with E-state index in [9.17, 15) is 0 Å². The zero-order chi connectivity index (χ0) is 13.5. The van der Waals surface area contributed by atoms with Gasteiger partial charge in [-0.05, 0) is 47.0 Å². The fourth-order valence-corrected chi connectivity index (χ4v) is 2.34. The second kappa shape index (κ2) is 7.35. The monoisotopic (exact) mass is 314 g/mol. The number of halogens is 1. The van der Waals surface area contributed by atoms with Crippen LogP contribution in [-0.4, -0.2) is 26.2 Å². The summed E-state index contributed by atoms with van der Waals surface area (Å²) in [6.07, 6.45) is 0. The van der Waals surface area contributed by atoms with Gasteiger partial charge in [0.05, 0.1) is 18.8 Å². The molecule has 0 bridgehead atoms. The second-order valence-electron chi connectivity index (χ2n) is 3.93. The third kappa shape index (κ3) is 4.29. The molecule has 0 heterocycles. The summed E-state index contributed by atoms with van der Waals surface area (Å²) in [5, 5.41) is 3.16. The SMILES string of the molecule is COCCN=C(NN)Nc1c(C)cc(C)cc1Br. The van der Waals surface area contributed by atoms with Gasteiger partial charge in [0.25, 0.3) is 0 Å². The maximum absolute atomic E-state index is 5.43. The smallest absolute Gasteiger partial charge is 0.210 e. The Labute approximate surface area is 116 Å². The molecule has 0 aliphatic heterocycles. The van der Waals surface area contributed by atoms with Crippen molar-refractivity contribution in [2.45, 2.75) is 13.8 Å². The molecular formula is C12H19BrN4O. The van der Waals surface area contributed by atoms with Crippen molar-refractivity contribution in [3.63, 3.8) is 0 Å². The van der Waals surface area contributed by atoms with E-state index in [1.165, 1.54) is 5.56 Å². The first-order valence-electron chi connectivity index (χ1n) is 5.62. The molecule has 0 atom stereocenters. The highest BCUT2D eigenvalue weighted by Gasteiger charge is 2.06. The highest BCUT2D eigenvalue weighted by molar-refractivity contribution is 9.10. The lowest BCUT2D eigenvalue weighted by Gasteiger charge is -2.14. The summed E-state index contributed by atoms with van der Waals surface area (Å²) in [6.45, 7) is 5.19. The molecule has 0 spiro atoms. The first-order valence-corrected chi connectivity index (χ1v) is 6.41. The van der Waals surface area contributed by atoms with Crippen molar-refractivity contribution in [2.24, 2.45) is 10.8 Å². The van der Waals surface area contributed by atoms with Crippen LogP contribution in [0.25, 0.3) is 0 Å². The fraction of sp³-hybridized carbons (Fsp3) is 0.417. The van der Waals surface area contributed by atoms with E-state index in [0.29, 0.717) is 19.1 Å². The molecule has 18 heavy (non-hydrogen) atoms. The van der Waals surface area contributed by atoms with Crippen LogP contribution in [0.2, 0.25) is 0 Å². The van der Waals surface area contributed by atoms with Crippen LogP contribution >= 0.6 is 15.9 Å². The van der Waals surface area contributed by atoms with Crippen molar-refractivity contribution in [1.82, 2.24) is 5.43 Å². The lowest BCUT2D eigenvalue weighted by Crippen LogP contribution is -2.36. The van der Waals surface area contributed by atoms with Crippen LogP contribution in [-0.2, 0) is 4.74 Å². The standard InChI is InChI=1S/C12H19BrN4O/c1-8-6-9(2)11(10(13)7-8)16-12(17-14)15-4-5-18-3/h6-7H,4-5,14H2,1-3H3,(H2,15,16,17). The van der Waals surface area contributed by atoms with E-state index in [-0.39, 0.29) is 0 Å². The maximum Gasteiger partial charge on any atom is 0.210 e. The van der Waals surface area contributed by atoms with Crippen LogP contribution in [0.15, 0.2) is 21.6 Å². The number of nitrogens with zero attached hydrogens (tertiary/aromatic N) is 1. The summed E-state index contributed by atoms with van der Waals surface area (Å²) in [5.74, 6) is 5.95. The van der Waals surface area contributed by atoms with Gasteiger partial charge in [-0.3, -0.25) is 5.43 Å². The largest absolute Gasteiger partial charge is 0.383 e. The van der Waals surface area contributed by atoms with E-state index in [0.717, 1.165) is 15.7 Å². The molecule has 0 aliphatic carbocycles. The predicted octanol–water partition coefficient (Wildman–Crippen LogP) is 1.94. The number of rotatable bonds is 4. The number of methoxy groups -OCH3 is 1. The number of benzene rings is 1. The number of nitrogens with two attached hydrogens (primary N) is 1. The maximum atomic E-state index is 5.43. The predicted molar refractivity (Wildman–Crippen MR) is 78.7 cm³/mol. The van der Waals surface area contributed by atoms with Gasteiger partial charge in [0.2, 0.25) is 5.96 Å². The zero-order valence-electron chi connectivity index (χ0n) is 10.9. The van der Waals surface area contributed by atoms with Gasteiger partial charge in [0.15, 0.2) is 0 Å². The molecule has 0 saturated heterocycles. The Balaban J connectivity index is 2.85. The minimum absolute atomic E-state index is 0.514. The average Bonchev–Trinajstić information content (AvgIpc) is 2.31. The number of aliphatic imine (C=N–C) groups is 1. The molecule has 0 aromatic heterocycles. The van der Waals surface area contributed by atoms with Crippen molar-refractivity contribution >= 4 is 27.6 Å². The van der Waals surface area contributed by atoms with Crippen molar-refractivity contribution in [3.05, 3.63) is 27.7 Å². The summed E-state index contributed by atoms with van der Waals surface area (Å²) in [7, 11) is 1.64. The molecule has 1 aromatic carbocycles. The van der Waals surface area contributed by atoms with Crippen LogP contribution in [0.3, 0.4) is 0 Å². The Morgan fingerprint density at radius 3 is 2.72 bits per heavy atom. The van der Waals surface area contributed by atoms with Crippen LogP contribution < -0.4 is 16.6 Å².